The van der Waals surface area contributed by atoms with E-state index in [1.807, 2.05) is 25.1 Å². The number of nitrogens with two attached hydrogens (primary N) is 1. The Kier molecular flexibility index (Phi) is 5.29. The van der Waals surface area contributed by atoms with E-state index in [0.29, 0.717) is 12.5 Å². The van der Waals surface area contributed by atoms with Crippen LogP contribution < -0.4 is 15.2 Å². The lowest BCUT2D eigenvalue weighted by Crippen LogP contribution is -2.38. The molecule has 0 radical (unpaired) electrons. The van der Waals surface area contributed by atoms with E-state index in [2.05, 4.69) is 0 Å². The average molecular weight is 333 g/mol. The zero-order valence-corrected chi connectivity index (χ0v) is 14.5. The molecule has 0 amide bonds. The van der Waals surface area contributed by atoms with Gasteiger partial charge >= 0.3 is 5.97 Å². The van der Waals surface area contributed by atoms with Crippen LogP contribution in [0, 0.1) is 11.8 Å². The molecule has 3 rings (SSSR count). The highest BCUT2D eigenvalue weighted by Gasteiger charge is 2.36. The Morgan fingerprint density at radius 1 is 1.29 bits per heavy atom. The van der Waals surface area contributed by atoms with Gasteiger partial charge in [0.15, 0.2) is 0 Å². The van der Waals surface area contributed by atoms with E-state index in [1.54, 1.807) is 7.11 Å². The number of hydrogen-bond acceptors (Lipinski definition) is 5. The summed E-state index contributed by atoms with van der Waals surface area (Å²) in [5, 5.41) is 0. The van der Waals surface area contributed by atoms with Gasteiger partial charge in [0.25, 0.3) is 0 Å². The fourth-order valence-electron chi connectivity index (χ4n) is 3.91. The number of hydrogen-bond donors (Lipinski definition) is 1. The van der Waals surface area contributed by atoms with E-state index >= 15 is 0 Å². The molecule has 24 heavy (non-hydrogen) atoms. The quantitative estimate of drug-likeness (QED) is 0.857. The number of carbonyl (C=O) groups excluding carboxylic acids is 1. The average Bonchev–Trinajstić information content (AvgIpc) is 2.61. The second-order valence-corrected chi connectivity index (χ2v) is 6.77. The molecule has 0 saturated heterocycles. The molecule has 1 aromatic rings. The zero-order valence-electron chi connectivity index (χ0n) is 14.5. The highest BCUT2D eigenvalue weighted by molar-refractivity contribution is 5.72. The number of fused-ring (bicyclic) bond motifs is 1. The van der Waals surface area contributed by atoms with Gasteiger partial charge in [-0.05, 0) is 44.6 Å². The van der Waals surface area contributed by atoms with Crippen molar-refractivity contribution in [2.45, 2.75) is 51.2 Å². The van der Waals surface area contributed by atoms with Crippen molar-refractivity contribution in [2.24, 2.45) is 17.6 Å². The summed E-state index contributed by atoms with van der Waals surface area (Å²) in [6, 6.07) is 5.83. The predicted octanol–water partition coefficient (Wildman–Crippen LogP) is 3.22. The minimum atomic E-state index is -0.0488. The Hall–Kier alpha value is -1.75. The minimum Gasteiger partial charge on any atom is -0.497 e. The van der Waals surface area contributed by atoms with Gasteiger partial charge < -0.3 is 19.9 Å². The van der Waals surface area contributed by atoms with Gasteiger partial charge in [0, 0.05) is 24.1 Å². The maximum absolute atomic E-state index is 11.9. The van der Waals surface area contributed by atoms with Crippen molar-refractivity contribution < 1.29 is 19.0 Å². The summed E-state index contributed by atoms with van der Waals surface area (Å²) in [5.41, 5.74) is 7.40. The fraction of sp³-hybridized carbons (Fsp3) is 0.632. The van der Waals surface area contributed by atoms with Crippen LogP contribution in [0.4, 0.5) is 0 Å². The van der Waals surface area contributed by atoms with E-state index in [-0.39, 0.29) is 24.0 Å². The second kappa shape index (κ2) is 7.43. The molecule has 1 aliphatic carbocycles. The Morgan fingerprint density at radius 2 is 2.04 bits per heavy atom. The van der Waals surface area contributed by atoms with E-state index in [4.69, 9.17) is 19.9 Å². The highest BCUT2D eigenvalue weighted by Crippen LogP contribution is 2.41. The maximum atomic E-state index is 11.9. The van der Waals surface area contributed by atoms with Gasteiger partial charge in [-0.1, -0.05) is 6.07 Å². The standard InChI is InChI=1S/C19H27NO4/c1-3-23-19(21)13-6-4-12(5-7-13)17-11-16(20)15-9-8-14(22-2)10-18(15)24-17/h8-10,12-13,16-17H,3-7,11,20H2,1-2H3/t12?,13?,16-,17-/m0/s1. The van der Waals surface area contributed by atoms with Crippen LogP contribution in [0.25, 0.3) is 0 Å². The van der Waals surface area contributed by atoms with Gasteiger partial charge in [0.05, 0.1) is 19.6 Å². The number of carbonyl (C=O) groups is 1. The molecule has 1 heterocycles. The zero-order chi connectivity index (χ0) is 17.1. The van der Waals surface area contributed by atoms with Crippen molar-refractivity contribution in [1.82, 2.24) is 0 Å². The highest BCUT2D eigenvalue weighted by atomic mass is 16.5. The van der Waals surface area contributed by atoms with Crippen LogP contribution in [-0.4, -0.2) is 25.8 Å². The normalized spacial score (nSPS) is 29.3. The summed E-state index contributed by atoms with van der Waals surface area (Å²) in [6.07, 6.45) is 4.67. The lowest BCUT2D eigenvalue weighted by atomic mass is 9.77. The van der Waals surface area contributed by atoms with Crippen molar-refractivity contribution in [2.75, 3.05) is 13.7 Å². The molecule has 1 saturated carbocycles. The number of rotatable bonds is 4. The molecule has 0 unspecified atom stereocenters. The summed E-state index contributed by atoms with van der Waals surface area (Å²) in [5.74, 6) is 2.07. The Labute approximate surface area is 143 Å². The number of ether oxygens (including phenoxy) is 3. The van der Waals surface area contributed by atoms with Gasteiger partial charge in [-0.15, -0.1) is 0 Å². The Morgan fingerprint density at radius 3 is 2.71 bits per heavy atom. The molecular formula is C19H27NO4. The van der Waals surface area contributed by atoms with E-state index in [9.17, 15) is 4.79 Å². The molecule has 1 fully saturated rings. The van der Waals surface area contributed by atoms with Crippen molar-refractivity contribution in [1.29, 1.82) is 0 Å². The molecule has 0 spiro atoms. The van der Waals surface area contributed by atoms with Gasteiger partial charge in [-0.25, -0.2) is 0 Å². The van der Waals surface area contributed by atoms with Crippen LogP contribution in [-0.2, 0) is 9.53 Å². The molecular weight excluding hydrogens is 306 g/mol. The van der Waals surface area contributed by atoms with Gasteiger partial charge in [0.1, 0.15) is 17.6 Å². The lowest BCUT2D eigenvalue weighted by molar-refractivity contribution is -0.149. The number of benzene rings is 1. The number of esters is 1. The molecule has 0 aromatic heterocycles. The van der Waals surface area contributed by atoms with Crippen molar-refractivity contribution in [3.8, 4) is 11.5 Å². The Bertz CT molecular complexity index is 581. The summed E-state index contributed by atoms with van der Waals surface area (Å²) in [6.45, 7) is 2.31. The summed E-state index contributed by atoms with van der Waals surface area (Å²) < 4.78 is 16.7. The van der Waals surface area contributed by atoms with Gasteiger partial charge in [0.2, 0.25) is 0 Å². The van der Waals surface area contributed by atoms with Crippen LogP contribution in [0.3, 0.4) is 0 Å². The number of methoxy groups -OCH3 is 1. The molecule has 1 aliphatic heterocycles. The van der Waals surface area contributed by atoms with Crippen LogP contribution in [0.2, 0.25) is 0 Å². The van der Waals surface area contributed by atoms with Gasteiger partial charge in [-0.2, -0.15) is 0 Å². The first-order chi connectivity index (χ1) is 11.6. The minimum absolute atomic E-state index is 0.00700. The molecule has 132 valence electrons. The van der Waals surface area contributed by atoms with Gasteiger partial charge in [-0.3, -0.25) is 4.79 Å². The van der Waals surface area contributed by atoms with Crippen LogP contribution in [0.5, 0.6) is 11.5 Å². The molecule has 0 bridgehead atoms. The Balaban J connectivity index is 1.64. The first-order valence-electron chi connectivity index (χ1n) is 8.89. The van der Waals surface area contributed by atoms with Crippen LogP contribution in [0.15, 0.2) is 18.2 Å². The predicted molar refractivity (Wildman–Crippen MR) is 91.0 cm³/mol. The summed E-state index contributed by atoms with van der Waals surface area (Å²) in [4.78, 5) is 11.9. The van der Waals surface area contributed by atoms with E-state index in [1.165, 1.54) is 0 Å². The molecule has 5 heteroatoms. The fourth-order valence-corrected chi connectivity index (χ4v) is 3.91. The molecule has 2 atom stereocenters. The van der Waals surface area contributed by atoms with Crippen LogP contribution >= 0.6 is 0 Å². The van der Waals surface area contributed by atoms with E-state index in [0.717, 1.165) is 49.2 Å². The SMILES string of the molecule is CCOC(=O)C1CCC([C@@H]2C[C@H](N)c3ccc(OC)cc3O2)CC1. The smallest absolute Gasteiger partial charge is 0.308 e. The largest absolute Gasteiger partial charge is 0.497 e. The third-order valence-corrected chi connectivity index (χ3v) is 5.30. The summed E-state index contributed by atoms with van der Waals surface area (Å²) in [7, 11) is 1.65. The molecule has 5 nitrogen and oxygen atoms in total. The monoisotopic (exact) mass is 333 g/mol. The summed E-state index contributed by atoms with van der Waals surface area (Å²) >= 11 is 0. The topological polar surface area (TPSA) is 70.8 Å². The lowest BCUT2D eigenvalue weighted by Gasteiger charge is -2.38. The first-order valence-corrected chi connectivity index (χ1v) is 8.89. The second-order valence-electron chi connectivity index (χ2n) is 6.77. The van der Waals surface area contributed by atoms with Crippen molar-refractivity contribution in [3.05, 3.63) is 23.8 Å². The maximum Gasteiger partial charge on any atom is 0.308 e. The van der Waals surface area contributed by atoms with Crippen LogP contribution in [0.1, 0.15) is 50.6 Å². The van der Waals surface area contributed by atoms with E-state index < -0.39 is 0 Å². The van der Waals surface area contributed by atoms with Crippen molar-refractivity contribution >= 4 is 5.97 Å². The first kappa shape index (κ1) is 17.1. The third-order valence-electron chi connectivity index (χ3n) is 5.30. The molecule has 1 aromatic carbocycles. The molecule has 2 N–H and O–H groups in total. The molecule has 2 aliphatic rings. The third kappa shape index (κ3) is 3.51. The van der Waals surface area contributed by atoms with Crippen molar-refractivity contribution in [3.63, 3.8) is 0 Å².